The van der Waals surface area contributed by atoms with Crippen molar-refractivity contribution in [2.45, 2.75) is 24.6 Å². The molecule has 59 valence electrons. The fraction of sp³-hybridized carbons (Fsp3) is 1.00. The minimum atomic E-state index is -1.63. The third-order valence-corrected chi connectivity index (χ3v) is 1.50. The Morgan fingerprint density at radius 1 is 1.30 bits per heavy atom. The van der Waals surface area contributed by atoms with E-state index in [1.807, 2.05) is 0 Å². The van der Waals surface area contributed by atoms with Crippen molar-refractivity contribution < 1.29 is 25.2 Å². The summed E-state index contributed by atoms with van der Waals surface area (Å²) in [6.45, 7) is -0.447. The van der Waals surface area contributed by atoms with E-state index in [0.717, 1.165) is 0 Å². The Balaban J connectivity index is 2.53. The smallest absolute Gasteiger partial charge is 0.220 e. The van der Waals surface area contributed by atoms with Crippen LogP contribution in [0.5, 0.6) is 0 Å². The van der Waals surface area contributed by atoms with Gasteiger partial charge in [-0.25, -0.2) is 0 Å². The molecule has 5 nitrogen and oxygen atoms in total. The van der Waals surface area contributed by atoms with Crippen LogP contribution in [-0.4, -0.2) is 46.5 Å². The van der Waals surface area contributed by atoms with Gasteiger partial charge in [0.05, 0.1) is 6.61 Å². The van der Waals surface area contributed by atoms with E-state index >= 15 is 0 Å². The Hall–Kier alpha value is -0.200. The highest BCUT2D eigenvalue weighted by Gasteiger charge is 2.42. The molecule has 1 fully saturated rings. The average Bonchev–Trinajstić information content (AvgIpc) is 2.17. The van der Waals surface area contributed by atoms with Crippen LogP contribution in [-0.2, 0) is 9.84 Å². The molecule has 4 atom stereocenters. The van der Waals surface area contributed by atoms with Crippen LogP contribution in [0.25, 0.3) is 0 Å². The van der Waals surface area contributed by atoms with E-state index in [2.05, 4.69) is 4.74 Å². The molecule has 10 heavy (non-hydrogen) atoms. The number of aliphatic hydroxyl groups is 3. The summed E-state index contributed by atoms with van der Waals surface area (Å²) in [6.07, 6.45) is -5.24. The lowest BCUT2D eigenvalue weighted by atomic mass is 10.1. The molecule has 0 aromatic carbocycles. The second kappa shape index (κ2) is 2.81. The monoisotopic (exact) mass is 149 g/mol. The molecule has 3 N–H and O–H groups in total. The fourth-order valence-corrected chi connectivity index (χ4v) is 0.865. The lowest BCUT2D eigenvalue weighted by molar-refractivity contribution is -0.168. The van der Waals surface area contributed by atoms with Gasteiger partial charge in [-0.1, -0.05) is 0 Å². The summed E-state index contributed by atoms with van der Waals surface area (Å²) in [7, 11) is 0. The number of aliphatic hydroxyl groups excluding tert-OH is 3. The fourth-order valence-electron chi connectivity index (χ4n) is 0.865. The van der Waals surface area contributed by atoms with Crippen LogP contribution in [0, 0.1) is 0 Å². The van der Waals surface area contributed by atoms with Crippen LogP contribution < -0.4 is 0 Å². The van der Waals surface area contributed by atoms with E-state index in [1.165, 1.54) is 0 Å². The zero-order chi connectivity index (χ0) is 7.72. The third kappa shape index (κ3) is 1.14. The van der Waals surface area contributed by atoms with E-state index < -0.39 is 31.2 Å². The Morgan fingerprint density at radius 3 is 2.10 bits per heavy atom. The predicted molar refractivity (Wildman–Crippen MR) is 28.4 cm³/mol. The number of ether oxygens (including phenoxy) is 1. The normalized spacial score (nSPS) is 48.0. The second-order valence-electron chi connectivity index (χ2n) is 2.21. The topological polar surface area (TPSA) is 89.8 Å². The van der Waals surface area contributed by atoms with Crippen LogP contribution in [0.4, 0.5) is 0 Å². The first-order chi connectivity index (χ1) is 4.66. The van der Waals surface area contributed by atoms with Crippen LogP contribution in [0.15, 0.2) is 0 Å². The van der Waals surface area contributed by atoms with Gasteiger partial charge in [0.25, 0.3) is 0 Å². The lowest BCUT2D eigenvalue weighted by Crippen LogP contribution is -2.33. The molecule has 1 unspecified atom stereocenters. The van der Waals surface area contributed by atoms with Crippen LogP contribution in [0.1, 0.15) is 0 Å². The van der Waals surface area contributed by atoms with Gasteiger partial charge in [0.1, 0.15) is 18.3 Å². The molecule has 0 aromatic rings. The molecular formula is C5H9O5. The zero-order valence-electron chi connectivity index (χ0n) is 5.17. The average molecular weight is 149 g/mol. The quantitative estimate of drug-likeness (QED) is 0.396. The van der Waals surface area contributed by atoms with Crippen LogP contribution in [0.2, 0.25) is 0 Å². The van der Waals surface area contributed by atoms with Crippen molar-refractivity contribution in [2.75, 3.05) is 6.61 Å². The molecule has 0 amide bonds. The Labute approximate surface area is 57.5 Å². The summed E-state index contributed by atoms with van der Waals surface area (Å²) in [4.78, 5) is 0. The van der Waals surface area contributed by atoms with Crippen LogP contribution >= 0.6 is 0 Å². The highest BCUT2D eigenvalue weighted by molar-refractivity contribution is 4.84. The van der Waals surface area contributed by atoms with Gasteiger partial charge < -0.3 is 20.1 Å². The SMILES string of the molecule is [O]C1O[C@H](CO)[C@H](O)[C@H]1O. The Morgan fingerprint density at radius 2 is 1.90 bits per heavy atom. The summed E-state index contributed by atoms with van der Waals surface area (Å²) in [5.74, 6) is 0. The van der Waals surface area contributed by atoms with Gasteiger partial charge in [0.15, 0.2) is 0 Å². The van der Waals surface area contributed by atoms with E-state index in [9.17, 15) is 5.11 Å². The summed E-state index contributed by atoms with van der Waals surface area (Å²) in [6, 6.07) is 0. The maximum Gasteiger partial charge on any atom is 0.220 e. The van der Waals surface area contributed by atoms with Gasteiger partial charge >= 0.3 is 0 Å². The first-order valence-corrected chi connectivity index (χ1v) is 2.95. The van der Waals surface area contributed by atoms with Crippen molar-refractivity contribution >= 4 is 0 Å². The summed E-state index contributed by atoms with van der Waals surface area (Å²) < 4.78 is 4.43. The maximum absolute atomic E-state index is 10.5. The minimum Gasteiger partial charge on any atom is -0.394 e. The van der Waals surface area contributed by atoms with Crippen LogP contribution in [0.3, 0.4) is 0 Å². The van der Waals surface area contributed by atoms with E-state index in [-0.39, 0.29) is 0 Å². The van der Waals surface area contributed by atoms with Gasteiger partial charge in [-0.15, -0.1) is 0 Å². The highest BCUT2D eigenvalue weighted by Crippen LogP contribution is 2.18. The molecule has 0 saturated carbocycles. The van der Waals surface area contributed by atoms with Gasteiger partial charge in [-0.2, -0.15) is 5.11 Å². The third-order valence-electron chi connectivity index (χ3n) is 1.50. The van der Waals surface area contributed by atoms with Gasteiger partial charge in [0, 0.05) is 0 Å². The first kappa shape index (κ1) is 7.90. The summed E-state index contributed by atoms with van der Waals surface area (Å²) in [5, 5.41) is 36.6. The molecular weight excluding hydrogens is 140 g/mol. The summed E-state index contributed by atoms with van der Waals surface area (Å²) >= 11 is 0. The van der Waals surface area contributed by atoms with Crippen molar-refractivity contribution in [2.24, 2.45) is 0 Å². The first-order valence-electron chi connectivity index (χ1n) is 2.95. The van der Waals surface area contributed by atoms with Gasteiger partial charge in [0.2, 0.25) is 6.29 Å². The second-order valence-corrected chi connectivity index (χ2v) is 2.21. The molecule has 0 spiro atoms. The molecule has 1 saturated heterocycles. The Bertz CT molecular complexity index is 117. The molecule has 0 aromatic heterocycles. The number of hydrogen-bond acceptors (Lipinski definition) is 4. The van der Waals surface area contributed by atoms with Crippen molar-refractivity contribution in [1.29, 1.82) is 0 Å². The molecule has 1 heterocycles. The lowest BCUT2D eigenvalue weighted by Gasteiger charge is -2.09. The molecule has 1 rings (SSSR count). The molecule has 0 aliphatic carbocycles. The van der Waals surface area contributed by atoms with E-state index in [1.54, 1.807) is 0 Å². The van der Waals surface area contributed by atoms with E-state index in [4.69, 9.17) is 15.3 Å². The zero-order valence-corrected chi connectivity index (χ0v) is 5.17. The largest absolute Gasteiger partial charge is 0.394 e. The molecule has 5 heteroatoms. The molecule has 1 radical (unpaired) electrons. The number of hydrogen-bond donors (Lipinski definition) is 3. The predicted octanol–water partition coefficient (Wildman–Crippen LogP) is -2.14. The van der Waals surface area contributed by atoms with Crippen molar-refractivity contribution in [3.63, 3.8) is 0 Å². The minimum absolute atomic E-state index is 0.447. The van der Waals surface area contributed by atoms with E-state index in [0.29, 0.717) is 0 Å². The molecule has 1 aliphatic heterocycles. The standard InChI is InChI=1S/C5H9O5/c6-1-2-3(7)4(8)5(9)10-2/h2-8H,1H2/t2-,3+,4-,5?/m1/s1. The van der Waals surface area contributed by atoms with Crippen molar-refractivity contribution in [3.05, 3.63) is 0 Å². The highest BCUT2D eigenvalue weighted by atomic mass is 16.6. The molecule has 1 aliphatic rings. The van der Waals surface area contributed by atoms with Crippen molar-refractivity contribution in [1.82, 2.24) is 0 Å². The van der Waals surface area contributed by atoms with Gasteiger partial charge in [-0.3, -0.25) is 0 Å². The maximum atomic E-state index is 10.5. The summed E-state index contributed by atoms with van der Waals surface area (Å²) in [5.41, 5.74) is 0. The van der Waals surface area contributed by atoms with Gasteiger partial charge in [-0.05, 0) is 0 Å². The van der Waals surface area contributed by atoms with Crippen molar-refractivity contribution in [3.8, 4) is 0 Å². The Kier molecular flexibility index (Phi) is 2.22. The molecule has 0 bridgehead atoms. The number of rotatable bonds is 1.